The molecule has 124 valence electrons. The number of carbonyl (C=O) groups is 1. The predicted molar refractivity (Wildman–Crippen MR) is 91.0 cm³/mol. The largest absolute Gasteiger partial charge is 0.466 e. The van der Waals surface area contributed by atoms with Gasteiger partial charge in [-0.15, -0.1) is 11.3 Å². The third-order valence-corrected chi connectivity index (χ3v) is 4.99. The fraction of sp³-hybridized carbons (Fsp3) is 0.706. The lowest BCUT2D eigenvalue weighted by Gasteiger charge is -2.34. The van der Waals surface area contributed by atoms with Crippen molar-refractivity contribution in [3.05, 3.63) is 21.9 Å². The first-order chi connectivity index (χ1) is 10.6. The minimum atomic E-state index is -0.0566. The van der Waals surface area contributed by atoms with Gasteiger partial charge >= 0.3 is 5.97 Å². The maximum atomic E-state index is 11.8. The minimum Gasteiger partial charge on any atom is -0.466 e. The van der Waals surface area contributed by atoms with E-state index in [2.05, 4.69) is 35.3 Å². The molecule has 1 aliphatic heterocycles. The first-order valence-corrected chi connectivity index (χ1v) is 9.07. The second-order valence-corrected chi connectivity index (χ2v) is 7.28. The Hall–Kier alpha value is -0.910. The summed E-state index contributed by atoms with van der Waals surface area (Å²) in [6, 6.07) is 2.65. The van der Waals surface area contributed by atoms with Crippen molar-refractivity contribution < 1.29 is 9.53 Å². The molecule has 1 aromatic heterocycles. The third kappa shape index (κ3) is 5.38. The lowest BCUT2D eigenvalue weighted by atomic mass is 9.99. The molecule has 1 saturated heterocycles. The predicted octanol–water partition coefficient (Wildman–Crippen LogP) is 3.12. The first kappa shape index (κ1) is 17.4. The molecule has 5 heteroatoms. The molecule has 0 aromatic carbocycles. The van der Waals surface area contributed by atoms with Crippen molar-refractivity contribution in [3.63, 3.8) is 0 Å². The van der Waals surface area contributed by atoms with Gasteiger partial charge in [-0.3, -0.25) is 9.69 Å². The number of esters is 1. The molecule has 0 aliphatic carbocycles. The lowest BCUT2D eigenvalue weighted by Crippen LogP contribution is -2.40. The highest BCUT2D eigenvalue weighted by atomic mass is 32.1. The highest BCUT2D eigenvalue weighted by Crippen LogP contribution is 2.25. The van der Waals surface area contributed by atoms with Crippen molar-refractivity contribution >= 4 is 17.3 Å². The van der Waals surface area contributed by atoms with E-state index in [9.17, 15) is 4.79 Å². The molecule has 1 unspecified atom stereocenters. The average molecular weight is 324 g/mol. The van der Waals surface area contributed by atoms with Crippen LogP contribution in [0, 0.1) is 0 Å². The van der Waals surface area contributed by atoms with Crippen LogP contribution in [0.5, 0.6) is 0 Å². The summed E-state index contributed by atoms with van der Waals surface area (Å²) in [7, 11) is 4.19. The summed E-state index contributed by atoms with van der Waals surface area (Å²) >= 11 is 1.83. The van der Waals surface area contributed by atoms with Crippen LogP contribution in [0.1, 0.15) is 43.0 Å². The van der Waals surface area contributed by atoms with Gasteiger partial charge in [-0.05, 0) is 57.4 Å². The maximum Gasteiger partial charge on any atom is 0.307 e. The van der Waals surface area contributed by atoms with Gasteiger partial charge in [0.2, 0.25) is 0 Å². The molecule has 1 atom stereocenters. The molecular weight excluding hydrogens is 296 g/mol. The van der Waals surface area contributed by atoms with Crippen molar-refractivity contribution in [2.24, 2.45) is 0 Å². The summed E-state index contributed by atoms with van der Waals surface area (Å²) in [6.45, 7) is 5.38. The van der Waals surface area contributed by atoms with Gasteiger partial charge in [-0.1, -0.05) is 6.42 Å². The Balaban J connectivity index is 1.93. The molecule has 2 heterocycles. The molecular formula is C17H28N2O2S. The lowest BCUT2D eigenvalue weighted by molar-refractivity contribution is -0.145. The SMILES string of the molecule is CCOC(=O)CC1CCCCN1Cc1cc(CN(C)C)cs1. The molecule has 4 nitrogen and oxygen atoms in total. The van der Waals surface area contributed by atoms with Crippen molar-refractivity contribution in [3.8, 4) is 0 Å². The quantitative estimate of drug-likeness (QED) is 0.722. The van der Waals surface area contributed by atoms with E-state index < -0.39 is 0 Å². The molecule has 22 heavy (non-hydrogen) atoms. The number of ether oxygens (including phenoxy) is 1. The first-order valence-electron chi connectivity index (χ1n) is 8.19. The number of thiophene rings is 1. The van der Waals surface area contributed by atoms with Gasteiger partial charge in [0, 0.05) is 24.0 Å². The highest BCUT2D eigenvalue weighted by molar-refractivity contribution is 7.10. The van der Waals surface area contributed by atoms with E-state index in [1.807, 2.05) is 18.3 Å². The second kappa shape index (κ2) is 8.65. The van der Waals surface area contributed by atoms with Gasteiger partial charge < -0.3 is 9.64 Å². The van der Waals surface area contributed by atoms with Crippen molar-refractivity contribution in [2.75, 3.05) is 27.2 Å². The Kier molecular flexibility index (Phi) is 6.86. The molecule has 0 bridgehead atoms. The van der Waals surface area contributed by atoms with Crippen LogP contribution < -0.4 is 0 Å². The van der Waals surface area contributed by atoms with Gasteiger partial charge in [-0.2, -0.15) is 0 Å². The number of hydrogen-bond donors (Lipinski definition) is 0. The van der Waals surface area contributed by atoms with E-state index in [0.717, 1.165) is 26.1 Å². The average Bonchev–Trinajstić information content (AvgIpc) is 2.87. The van der Waals surface area contributed by atoms with E-state index in [4.69, 9.17) is 4.74 Å². The van der Waals surface area contributed by atoms with Gasteiger partial charge in [0.05, 0.1) is 13.0 Å². The van der Waals surface area contributed by atoms with Crippen LogP contribution in [0.25, 0.3) is 0 Å². The fourth-order valence-electron chi connectivity index (χ4n) is 3.07. The Morgan fingerprint density at radius 2 is 2.27 bits per heavy atom. The summed E-state index contributed by atoms with van der Waals surface area (Å²) in [4.78, 5) is 17.8. The Morgan fingerprint density at radius 3 is 3.00 bits per heavy atom. The third-order valence-electron chi connectivity index (χ3n) is 4.02. The zero-order chi connectivity index (χ0) is 15.9. The second-order valence-electron chi connectivity index (χ2n) is 6.29. The number of carbonyl (C=O) groups excluding carboxylic acids is 1. The molecule has 0 amide bonds. The Labute approximate surface area is 138 Å². The standard InChI is InChI=1S/C17H28N2O2S/c1-4-21-17(20)10-15-7-5-6-8-19(15)12-16-9-14(13-22-16)11-18(2)3/h9,13,15H,4-8,10-12H2,1-3H3. The monoisotopic (exact) mass is 324 g/mol. The maximum absolute atomic E-state index is 11.8. The fourth-order valence-corrected chi connectivity index (χ4v) is 3.97. The van der Waals surface area contributed by atoms with E-state index >= 15 is 0 Å². The zero-order valence-corrected chi connectivity index (χ0v) is 14.8. The van der Waals surface area contributed by atoms with Gasteiger partial charge in [0.15, 0.2) is 0 Å². The van der Waals surface area contributed by atoms with Crippen LogP contribution in [-0.2, 0) is 22.6 Å². The van der Waals surface area contributed by atoms with Crippen molar-refractivity contribution in [1.29, 1.82) is 0 Å². The number of hydrogen-bond acceptors (Lipinski definition) is 5. The van der Waals surface area contributed by atoms with Crippen LogP contribution in [0.15, 0.2) is 11.4 Å². The van der Waals surface area contributed by atoms with Crippen LogP contribution in [-0.4, -0.2) is 49.1 Å². The molecule has 2 rings (SSSR count). The van der Waals surface area contributed by atoms with Crippen molar-refractivity contribution in [2.45, 2.75) is 51.7 Å². The van der Waals surface area contributed by atoms with Gasteiger partial charge in [-0.25, -0.2) is 0 Å². The minimum absolute atomic E-state index is 0.0566. The van der Waals surface area contributed by atoms with Crippen molar-refractivity contribution in [1.82, 2.24) is 9.80 Å². The topological polar surface area (TPSA) is 32.8 Å². The zero-order valence-electron chi connectivity index (χ0n) is 14.0. The molecule has 1 fully saturated rings. The number of nitrogens with zero attached hydrogens (tertiary/aromatic N) is 2. The number of piperidine rings is 1. The van der Waals surface area contributed by atoms with E-state index in [-0.39, 0.29) is 5.97 Å². The normalized spacial score (nSPS) is 19.5. The summed E-state index contributed by atoms with van der Waals surface area (Å²) in [5.41, 5.74) is 1.38. The molecule has 0 saturated carbocycles. The Morgan fingerprint density at radius 1 is 1.45 bits per heavy atom. The van der Waals surface area contributed by atoms with Gasteiger partial charge in [0.25, 0.3) is 0 Å². The summed E-state index contributed by atoms with van der Waals surface area (Å²) in [5, 5.41) is 2.25. The molecule has 0 N–H and O–H groups in total. The van der Waals surface area contributed by atoms with Gasteiger partial charge in [0.1, 0.15) is 0 Å². The Bertz CT molecular complexity index is 473. The molecule has 0 radical (unpaired) electrons. The highest BCUT2D eigenvalue weighted by Gasteiger charge is 2.25. The molecule has 1 aromatic rings. The van der Waals surface area contributed by atoms with E-state index in [1.54, 1.807) is 0 Å². The smallest absolute Gasteiger partial charge is 0.307 e. The summed E-state index contributed by atoms with van der Waals surface area (Å²) < 4.78 is 5.12. The van der Waals surface area contributed by atoms with E-state index in [1.165, 1.54) is 23.3 Å². The van der Waals surface area contributed by atoms with Crippen LogP contribution in [0.4, 0.5) is 0 Å². The van der Waals surface area contributed by atoms with E-state index in [0.29, 0.717) is 19.1 Å². The number of likely N-dealkylation sites (tertiary alicyclic amines) is 1. The number of rotatable bonds is 7. The molecule has 0 spiro atoms. The molecule has 1 aliphatic rings. The summed E-state index contributed by atoms with van der Waals surface area (Å²) in [6.07, 6.45) is 4.09. The van der Waals surface area contributed by atoms with Crippen LogP contribution in [0.3, 0.4) is 0 Å². The van der Waals surface area contributed by atoms with Crippen LogP contribution in [0.2, 0.25) is 0 Å². The summed E-state index contributed by atoms with van der Waals surface area (Å²) in [5.74, 6) is -0.0566. The van der Waals surface area contributed by atoms with Crippen LogP contribution >= 0.6 is 11.3 Å².